The highest BCUT2D eigenvalue weighted by Gasteiger charge is 2.16. The monoisotopic (exact) mass is 384 g/mol. The summed E-state index contributed by atoms with van der Waals surface area (Å²) in [6, 6.07) is 12.8. The van der Waals surface area contributed by atoms with Crippen LogP contribution in [0.15, 0.2) is 42.5 Å². The van der Waals surface area contributed by atoms with Crippen LogP contribution in [0.25, 0.3) is 5.69 Å². The Hall–Kier alpha value is -3.06. The molecule has 1 N–H and O–H groups in total. The number of hydrogen-bond donors (Lipinski definition) is 1. The summed E-state index contributed by atoms with van der Waals surface area (Å²) < 4.78 is 12.7. The smallest absolute Gasteiger partial charge is 0.291 e. The number of halogens is 1. The van der Waals surface area contributed by atoms with Crippen molar-refractivity contribution >= 4 is 17.5 Å². The third kappa shape index (κ3) is 3.73. The van der Waals surface area contributed by atoms with Gasteiger partial charge in [0.15, 0.2) is 11.5 Å². The van der Waals surface area contributed by atoms with Gasteiger partial charge in [-0.1, -0.05) is 17.7 Å². The molecule has 0 aliphatic carbocycles. The lowest BCUT2D eigenvalue weighted by molar-refractivity contribution is 0.0940. The number of carbonyl (C=O) groups excluding carboxylic acids is 1. The maximum absolute atomic E-state index is 12.4. The van der Waals surface area contributed by atoms with Gasteiger partial charge in [-0.3, -0.25) is 4.79 Å². The second kappa shape index (κ2) is 7.28. The fraction of sp³-hybridized carbons (Fsp3) is 0.211. The van der Waals surface area contributed by atoms with E-state index in [-0.39, 0.29) is 11.7 Å². The SMILES string of the molecule is Cc1nc(C(=O)NCc2ccc3c(c2)OCCO3)nn1-c1ccc(Cl)cc1. The van der Waals surface area contributed by atoms with Crippen molar-refractivity contribution in [3.05, 3.63) is 64.7 Å². The van der Waals surface area contributed by atoms with Gasteiger partial charge in [0.25, 0.3) is 5.91 Å². The van der Waals surface area contributed by atoms with E-state index in [0.717, 1.165) is 17.0 Å². The van der Waals surface area contributed by atoms with Crippen LogP contribution in [0.4, 0.5) is 0 Å². The molecular weight excluding hydrogens is 368 g/mol. The predicted octanol–water partition coefficient (Wildman–Crippen LogP) is 2.93. The molecule has 0 unspecified atom stereocenters. The number of fused-ring (bicyclic) bond motifs is 1. The lowest BCUT2D eigenvalue weighted by Gasteiger charge is -2.18. The number of aryl methyl sites for hydroxylation is 1. The average molecular weight is 385 g/mol. The van der Waals surface area contributed by atoms with Gasteiger partial charge in [-0.2, -0.15) is 0 Å². The molecule has 27 heavy (non-hydrogen) atoms. The van der Waals surface area contributed by atoms with Gasteiger partial charge >= 0.3 is 0 Å². The fourth-order valence-electron chi connectivity index (χ4n) is 2.77. The quantitative estimate of drug-likeness (QED) is 0.748. The van der Waals surface area contributed by atoms with E-state index in [1.54, 1.807) is 23.7 Å². The first kappa shape index (κ1) is 17.4. The lowest BCUT2D eigenvalue weighted by Crippen LogP contribution is -2.24. The van der Waals surface area contributed by atoms with Crippen molar-refractivity contribution in [2.75, 3.05) is 13.2 Å². The molecule has 4 rings (SSSR count). The third-order valence-corrected chi connectivity index (χ3v) is 4.35. The maximum atomic E-state index is 12.4. The summed E-state index contributed by atoms with van der Waals surface area (Å²) in [6.07, 6.45) is 0. The highest BCUT2D eigenvalue weighted by atomic mass is 35.5. The number of nitrogens with one attached hydrogen (secondary N) is 1. The minimum atomic E-state index is -0.347. The predicted molar refractivity (Wildman–Crippen MR) is 99.7 cm³/mol. The largest absolute Gasteiger partial charge is 0.486 e. The number of nitrogens with zero attached hydrogens (tertiary/aromatic N) is 3. The van der Waals surface area contributed by atoms with Crippen LogP contribution in [0.5, 0.6) is 11.5 Å². The van der Waals surface area contributed by atoms with Crippen LogP contribution in [0.1, 0.15) is 22.0 Å². The number of hydrogen-bond acceptors (Lipinski definition) is 5. The van der Waals surface area contributed by atoms with E-state index in [9.17, 15) is 4.79 Å². The molecule has 0 bridgehead atoms. The zero-order chi connectivity index (χ0) is 18.8. The van der Waals surface area contributed by atoms with Crippen LogP contribution < -0.4 is 14.8 Å². The van der Waals surface area contributed by atoms with Crippen molar-refractivity contribution in [2.45, 2.75) is 13.5 Å². The van der Waals surface area contributed by atoms with E-state index in [1.165, 1.54) is 0 Å². The van der Waals surface area contributed by atoms with E-state index >= 15 is 0 Å². The first-order valence-electron chi connectivity index (χ1n) is 8.46. The zero-order valence-corrected chi connectivity index (χ0v) is 15.4. The number of amides is 1. The first-order chi connectivity index (χ1) is 13.1. The second-order valence-corrected chi connectivity index (χ2v) is 6.47. The van der Waals surface area contributed by atoms with Gasteiger partial charge in [0, 0.05) is 11.6 Å². The molecule has 3 aromatic rings. The van der Waals surface area contributed by atoms with Crippen LogP contribution in [0.2, 0.25) is 5.02 Å². The highest BCUT2D eigenvalue weighted by Crippen LogP contribution is 2.30. The molecule has 0 saturated heterocycles. The molecular formula is C19H17ClN4O3. The number of rotatable bonds is 4. The van der Waals surface area contributed by atoms with E-state index in [1.807, 2.05) is 30.3 Å². The van der Waals surface area contributed by atoms with Gasteiger partial charge in [-0.15, -0.1) is 5.10 Å². The summed E-state index contributed by atoms with van der Waals surface area (Å²) in [5.74, 6) is 1.78. The van der Waals surface area contributed by atoms with Gasteiger partial charge in [-0.25, -0.2) is 9.67 Å². The molecule has 1 aliphatic rings. The molecule has 0 saturated carbocycles. The van der Waals surface area contributed by atoms with Crippen LogP contribution in [-0.2, 0) is 6.54 Å². The van der Waals surface area contributed by atoms with Gasteiger partial charge in [0.2, 0.25) is 5.82 Å². The topological polar surface area (TPSA) is 78.3 Å². The summed E-state index contributed by atoms with van der Waals surface area (Å²) in [5, 5.41) is 7.76. The lowest BCUT2D eigenvalue weighted by atomic mass is 10.2. The van der Waals surface area contributed by atoms with Crippen molar-refractivity contribution in [2.24, 2.45) is 0 Å². The molecule has 1 aromatic heterocycles. The second-order valence-electron chi connectivity index (χ2n) is 6.03. The molecule has 1 amide bonds. The van der Waals surface area contributed by atoms with Crippen molar-refractivity contribution in [1.29, 1.82) is 0 Å². The molecule has 1 aliphatic heterocycles. The number of ether oxygens (including phenoxy) is 2. The van der Waals surface area contributed by atoms with Crippen LogP contribution in [-0.4, -0.2) is 33.9 Å². The maximum Gasteiger partial charge on any atom is 0.291 e. The summed E-state index contributed by atoms with van der Waals surface area (Å²) in [6.45, 7) is 3.20. The van der Waals surface area contributed by atoms with Gasteiger partial charge in [0.1, 0.15) is 19.0 Å². The Morgan fingerprint density at radius 3 is 2.67 bits per heavy atom. The molecule has 0 fully saturated rings. The van der Waals surface area contributed by atoms with Gasteiger partial charge in [0.05, 0.1) is 5.69 Å². The molecule has 8 heteroatoms. The van der Waals surface area contributed by atoms with Gasteiger partial charge in [-0.05, 0) is 48.9 Å². The fourth-order valence-corrected chi connectivity index (χ4v) is 2.90. The van der Waals surface area contributed by atoms with Crippen molar-refractivity contribution in [3.8, 4) is 17.2 Å². The highest BCUT2D eigenvalue weighted by molar-refractivity contribution is 6.30. The van der Waals surface area contributed by atoms with Crippen molar-refractivity contribution in [3.63, 3.8) is 0 Å². The number of benzene rings is 2. The number of carbonyl (C=O) groups is 1. The summed E-state index contributed by atoms with van der Waals surface area (Å²) in [7, 11) is 0. The van der Waals surface area contributed by atoms with Gasteiger partial charge < -0.3 is 14.8 Å². The van der Waals surface area contributed by atoms with Crippen molar-refractivity contribution < 1.29 is 14.3 Å². The third-order valence-electron chi connectivity index (χ3n) is 4.10. The molecule has 138 valence electrons. The Kier molecular flexibility index (Phi) is 4.68. The average Bonchev–Trinajstić information content (AvgIpc) is 3.08. The van der Waals surface area contributed by atoms with E-state index in [0.29, 0.717) is 36.4 Å². The molecule has 7 nitrogen and oxygen atoms in total. The van der Waals surface area contributed by atoms with Crippen LogP contribution in [0, 0.1) is 6.92 Å². The minimum absolute atomic E-state index is 0.111. The first-order valence-corrected chi connectivity index (χ1v) is 8.84. The Morgan fingerprint density at radius 1 is 1.15 bits per heavy atom. The normalized spacial score (nSPS) is 12.7. The van der Waals surface area contributed by atoms with Crippen molar-refractivity contribution in [1.82, 2.24) is 20.1 Å². The van der Waals surface area contributed by atoms with Crippen LogP contribution in [0.3, 0.4) is 0 Å². The van der Waals surface area contributed by atoms with Crippen LogP contribution >= 0.6 is 11.6 Å². The number of aromatic nitrogens is 3. The Labute approximate surface area is 160 Å². The standard InChI is InChI=1S/C19H17ClN4O3/c1-12-22-18(23-24(12)15-5-3-14(20)4-6-15)19(25)21-11-13-2-7-16-17(10-13)27-9-8-26-16/h2-7,10H,8-9,11H2,1H3,(H,21,25). The molecule has 0 radical (unpaired) electrons. The molecule has 0 spiro atoms. The Morgan fingerprint density at radius 2 is 1.89 bits per heavy atom. The molecule has 2 aromatic carbocycles. The summed E-state index contributed by atoms with van der Waals surface area (Å²) in [5.41, 5.74) is 1.69. The Bertz CT molecular complexity index is 985. The molecule has 0 atom stereocenters. The van der Waals surface area contributed by atoms with E-state index in [4.69, 9.17) is 21.1 Å². The Balaban J connectivity index is 1.46. The summed E-state index contributed by atoms with van der Waals surface area (Å²) in [4.78, 5) is 16.7. The molecule has 2 heterocycles. The van der Waals surface area contributed by atoms with E-state index < -0.39 is 0 Å². The summed E-state index contributed by atoms with van der Waals surface area (Å²) >= 11 is 5.91. The minimum Gasteiger partial charge on any atom is -0.486 e. The zero-order valence-electron chi connectivity index (χ0n) is 14.6. The van der Waals surface area contributed by atoms with E-state index in [2.05, 4.69) is 15.4 Å².